The minimum Gasteiger partial charge on any atom is -0.380 e. The van der Waals surface area contributed by atoms with Gasteiger partial charge in [-0.2, -0.15) is 0 Å². The predicted molar refractivity (Wildman–Crippen MR) is 73.8 cm³/mol. The number of hydrogen-bond acceptors (Lipinski definition) is 4. The summed E-state index contributed by atoms with van der Waals surface area (Å²) in [6.45, 7) is 12.7. The molecule has 0 heterocycles. The van der Waals surface area contributed by atoms with Crippen molar-refractivity contribution >= 4 is 5.78 Å². The molecule has 0 fully saturated rings. The molecule has 4 nitrogen and oxygen atoms in total. The Bertz CT molecular complexity index is 217. The number of ether oxygens (including phenoxy) is 2. The molecule has 0 saturated heterocycles. The lowest BCUT2D eigenvalue weighted by molar-refractivity contribution is -0.132. The van der Waals surface area contributed by atoms with Crippen LogP contribution < -0.4 is 5.32 Å². The van der Waals surface area contributed by atoms with E-state index in [4.69, 9.17) is 9.47 Å². The number of carbonyl (C=O) groups is 1. The fourth-order valence-corrected chi connectivity index (χ4v) is 1.49. The molecule has 0 rings (SSSR count). The molecule has 4 heteroatoms. The van der Waals surface area contributed by atoms with Crippen LogP contribution in [0.1, 0.15) is 41.0 Å². The Hall–Kier alpha value is -0.450. The van der Waals surface area contributed by atoms with Crippen molar-refractivity contribution in [3.05, 3.63) is 0 Å². The van der Waals surface area contributed by atoms with Crippen LogP contribution >= 0.6 is 0 Å². The highest BCUT2D eigenvalue weighted by molar-refractivity contribution is 5.84. The third kappa shape index (κ3) is 9.57. The molecule has 0 saturated carbocycles. The highest BCUT2D eigenvalue weighted by atomic mass is 16.5. The maximum atomic E-state index is 11.5. The summed E-state index contributed by atoms with van der Waals surface area (Å²) in [5.41, 5.74) is 0. The Morgan fingerprint density at radius 3 is 2.28 bits per heavy atom. The average Bonchev–Trinajstić information content (AvgIpc) is 2.30. The van der Waals surface area contributed by atoms with Crippen LogP contribution in [0.3, 0.4) is 0 Å². The van der Waals surface area contributed by atoms with E-state index in [-0.39, 0.29) is 17.8 Å². The van der Waals surface area contributed by atoms with Crippen molar-refractivity contribution in [2.75, 3.05) is 26.4 Å². The Balaban J connectivity index is 3.33. The summed E-state index contributed by atoms with van der Waals surface area (Å²) in [5, 5.41) is 3.28. The second-order valence-corrected chi connectivity index (χ2v) is 5.14. The molecule has 1 atom stereocenters. The van der Waals surface area contributed by atoms with Gasteiger partial charge in [0.2, 0.25) is 0 Å². The third-order valence-corrected chi connectivity index (χ3v) is 2.57. The van der Waals surface area contributed by atoms with Gasteiger partial charge in [0.25, 0.3) is 0 Å². The van der Waals surface area contributed by atoms with Crippen molar-refractivity contribution in [3.63, 3.8) is 0 Å². The van der Waals surface area contributed by atoms with Crippen LogP contribution in [0.2, 0.25) is 0 Å². The van der Waals surface area contributed by atoms with Crippen LogP contribution in [0.4, 0.5) is 0 Å². The van der Waals surface area contributed by atoms with Gasteiger partial charge in [-0.25, -0.2) is 0 Å². The van der Waals surface area contributed by atoms with Gasteiger partial charge in [-0.1, -0.05) is 27.7 Å². The summed E-state index contributed by atoms with van der Waals surface area (Å²) in [7, 11) is 0. The van der Waals surface area contributed by atoms with Crippen molar-refractivity contribution in [2.24, 2.45) is 5.92 Å². The molecule has 0 amide bonds. The van der Waals surface area contributed by atoms with Gasteiger partial charge in [0.1, 0.15) is 6.10 Å². The lowest BCUT2D eigenvalue weighted by Gasteiger charge is -2.14. The maximum absolute atomic E-state index is 11.5. The van der Waals surface area contributed by atoms with Crippen molar-refractivity contribution in [1.29, 1.82) is 0 Å². The Morgan fingerprint density at radius 1 is 1.06 bits per heavy atom. The van der Waals surface area contributed by atoms with Gasteiger partial charge in [0.05, 0.1) is 6.61 Å². The van der Waals surface area contributed by atoms with Gasteiger partial charge >= 0.3 is 0 Å². The predicted octanol–water partition coefficient (Wildman–Crippen LogP) is 2.02. The first-order chi connectivity index (χ1) is 8.45. The van der Waals surface area contributed by atoms with Crippen LogP contribution in [-0.4, -0.2) is 44.3 Å². The van der Waals surface area contributed by atoms with E-state index in [1.807, 2.05) is 20.8 Å². The molecule has 108 valence electrons. The van der Waals surface area contributed by atoms with Crippen molar-refractivity contribution < 1.29 is 14.3 Å². The number of nitrogens with one attached hydrogen (secondary N) is 1. The summed E-state index contributed by atoms with van der Waals surface area (Å²) in [4.78, 5) is 11.5. The lowest BCUT2D eigenvalue weighted by atomic mass is 10.1. The minimum atomic E-state index is -0.299. The monoisotopic (exact) mass is 259 g/mol. The Morgan fingerprint density at radius 2 is 1.72 bits per heavy atom. The second kappa shape index (κ2) is 10.5. The molecule has 0 aromatic carbocycles. The Kier molecular flexibility index (Phi) is 10.2. The van der Waals surface area contributed by atoms with Crippen LogP contribution in [0, 0.1) is 5.92 Å². The minimum absolute atomic E-state index is 0.0401. The average molecular weight is 259 g/mol. The van der Waals surface area contributed by atoms with Crippen LogP contribution in [-0.2, 0) is 14.3 Å². The van der Waals surface area contributed by atoms with Crippen molar-refractivity contribution in [2.45, 2.75) is 53.2 Å². The second-order valence-electron chi connectivity index (χ2n) is 5.14. The molecule has 18 heavy (non-hydrogen) atoms. The molecule has 0 aromatic rings. The fourth-order valence-electron chi connectivity index (χ4n) is 1.49. The number of rotatable bonds is 11. The van der Waals surface area contributed by atoms with E-state index in [1.165, 1.54) is 0 Å². The van der Waals surface area contributed by atoms with E-state index < -0.39 is 0 Å². The number of Topliss-reactive ketones (excluding diaryl/α,β-unsaturated/α-hetero) is 1. The first-order valence-electron chi connectivity index (χ1n) is 6.91. The molecule has 1 N–H and O–H groups in total. The largest absolute Gasteiger partial charge is 0.380 e. The molecule has 0 aromatic heterocycles. The van der Waals surface area contributed by atoms with Crippen LogP contribution in [0.25, 0.3) is 0 Å². The van der Waals surface area contributed by atoms with E-state index in [0.29, 0.717) is 19.3 Å². The number of carbonyl (C=O) groups excluding carboxylic acids is 1. The van der Waals surface area contributed by atoms with Crippen molar-refractivity contribution in [1.82, 2.24) is 5.32 Å². The molecule has 0 aliphatic heterocycles. The van der Waals surface area contributed by atoms with Crippen LogP contribution in [0.5, 0.6) is 0 Å². The van der Waals surface area contributed by atoms with E-state index in [2.05, 4.69) is 19.2 Å². The van der Waals surface area contributed by atoms with E-state index in [1.54, 1.807) is 0 Å². The maximum Gasteiger partial charge on any atom is 0.163 e. The highest BCUT2D eigenvalue weighted by Gasteiger charge is 2.16. The summed E-state index contributed by atoms with van der Waals surface area (Å²) in [5.74, 6) is 0.204. The molecule has 0 bridgehead atoms. The molecule has 0 radical (unpaired) electrons. The van der Waals surface area contributed by atoms with Crippen LogP contribution in [0.15, 0.2) is 0 Å². The zero-order chi connectivity index (χ0) is 14.0. The first-order valence-corrected chi connectivity index (χ1v) is 6.91. The normalized spacial score (nSPS) is 13.3. The van der Waals surface area contributed by atoms with Gasteiger partial charge in [-0.05, 0) is 13.3 Å². The molecular formula is C14H29NO3. The van der Waals surface area contributed by atoms with Gasteiger partial charge in [-0.15, -0.1) is 0 Å². The summed E-state index contributed by atoms with van der Waals surface area (Å²) < 4.78 is 10.9. The summed E-state index contributed by atoms with van der Waals surface area (Å²) >= 11 is 0. The van der Waals surface area contributed by atoms with E-state index >= 15 is 0 Å². The third-order valence-electron chi connectivity index (χ3n) is 2.57. The van der Waals surface area contributed by atoms with Crippen molar-refractivity contribution in [3.8, 4) is 0 Å². The number of hydrogen-bond donors (Lipinski definition) is 1. The quantitative estimate of drug-likeness (QED) is 0.577. The Labute approximate surface area is 111 Å². The molecule has 0 spiro atoms. The van der Waals surface area contributed by atoms with E-state index in [9.17, 15) is 4.79 Å². The summed E-state index contributed by atoms with van der Waals surface area (Å²) in [6, 6.07) is 0.500. The lowest BCUT2D eigenvalue weighted by Crippen LogP contribution is -2.27. The molecular weight excluding hydrogens is 230 g/mol. The standard InChI is InChI=1S/C14H29NO3/c1-11(2)14(16)13(5)18-9-6-8-17-10-7-15-12(3)4/h11-13,15H,6-10H2,1-5H3/t13-/m0/s1. The van der Waals surface area contributed by atoms with E-state index in [0.717, 1.165) is 19.6 Å². The zero-order valence-corrected chi connectivity index (χ0v) is 12.5. The van der Waals surface area contributed by atoms with Gasteiger partial charge < -0.3 is 14.8 Å². The molecule has 0 unspecified atom stereocenters. The van der Waals surface area contributed by atoms with Gasteiger partial charge in [0.15, 0.2) is 5.78 Å². The SMILES string of the molecule is CC(C)NCCOCCCO[C@@H](C)C(=O)C(C)C. The molecule has 0 aliphatic rings. The smallest absolute Gasteiger partial charge is 0.163 e. The molecule has 0 aliphatic carbocycles. The topological polar surface area (TPSA) is 47.6 Å². The first kappa shape index (κ1) is 17.6. The van der Waals surface area contributed by atoms with Gasteiger partial charge in [0, 0.05) is 31.7 Å². The highest BCUT2D eigenvalue weighted by Crippen LogP contribution is 2.03. The fraction of sp³-hybridized carbons (Fsp3) is 0.929. The van der Waals surface area contributed by atoms with Gasteiger partial charge in [-0.3, -0.25) is 4.79 Å². The summed E-state index contributed by atoms with van der Waals surface area (Å²) in [6.07, 6.45) is 0.532. The zero-order valence-electron chi connectivity index (χ0n) is 12.5. The number of ketones is 1.